The number of rotatable bonds is 18. The van der Waals surface area contributed by atoms with Crippen LogP contribution in [0.2, 0.25) is 0 Å². The number of benzene rings is 5. The van der Waals surface area contributed by atoms with E-state index in [1.807, 2.05) is 109 Å². The maximum Gasteiger partial charge on any atom is 0.328 e. The third kappa shape index (κ3) is 28.5. The van der Waals surface area contributed by atoms with Gasteiger partial charge >= 0.3 is 34.4 Å². The van der Waals surface area contributed by atoms with E-state index in [1.54, 1.807) is 59.4 Å². The minimum atomic E-state index is -0.788. The van der Waals surface area contributed by atoms with E-state index in [0.717, 1.165) is 66.9 Å². The van der Waals surface area contributed by atoms with E-state index in [0.29, 0.717) is 73.3 Å². The van der Waals surface area contributed by atoms with Crippen LogP contribution in [-0.2, 0) is 49.1 Å². The van der Waals surface area contributed by atoms with E-state index >= 15 is 0 Å². The van der Waals surface area contributed by atoms with Gasteiger partial charge in [0, 0.05) is 98.1 Å². The van der Waals surface area contributed by atoms with Crippen molar-refractivity contribution in [2.45, 2.75) is 111 Å². The maximum absolute atomic E-state index is 11.7. The lowest BCUT2D eigenvalue weighted by Crippen LogP contribution is -2.31. The lowest BCUT2D eigenvalue weighted by Gasteiger charge is -2.07. The second-order valence-corrected chi connectivity index (χ2v) is 24.9. The van der Waals surface area contributed by atoms with Crippen LogP contribution in [0.25, 0.3) is 0 Å². The van der Waals surface area contributed by atoms with Gasteiger partial charge in [-0.05, 0) is 142 Å². The number of hydrogen-bond donors (Lipinski definition) is 9. The van der Waals surface area contributed by atoms with Gasteiger partial charge in [-0.2, -0.15) is 0 Å². The molecule has 0 amide bonds. The van der Waals surface area contributed by atoms with Crippen LogP contribution in [0.4, 0.5) is 0 Å². The summed E-state index contributed by atoms with van der Waals surface area (Å²) in [6, 6.07) is 39.2. The number of unbranched alkanes of at least 4 members (excludes halogenated alkanes) is 1. The van der Waals surface area contributed by atoms with Crippen LogP contribution in [0.3, 0.4) is 0 Å². The molecule has 10 rings (SSSR count). The van der Waals surface area contributed by atoms with E-state index in [4.69, 9.17) is 15.3 Å². The van der Waals surface area contributed by atoms with Gasteiger partial charge in [-0.25, -0.2) is 24.0 Å². The number of hydrogen-bond acceptors (Lipinski definition) is 13. The number of carboxylic acids is 1. The average molecular weight is 1550 g/mol. The Morgan fingerprint density at radius 2 is 0.737 bits per heavy atom. The number of halogens is 3. The largest absolute Gasteiger partial charge is 0.481 e. The first-order valence-electron chi connectivity index (χ1n) is 31.0. The lowest BCUT2D eigenvalue weighted by atomic mass is 10.1. The molecule has 9 N–H and O–H groups in total. The van der Waals surface area contributed by atoms with Gasteiger partial charge in [0.25, 0.3) is 27.8 Å². The number of aromatic nitrogens is 10. The van der Waals surface area contributed by atoms with Crippen LogP contribution in [0.15, 0.2) is 209 Å². The summed E-state index contributed by atoms with van der Waals surface area (Å²) < 4.78 is 8.02. The Morgan fingerprint density at radius 1 is 0.414 bits per heavy atom. The van der Waals surface area contributed by atoms with Crippen LogP contribution in [0.5, 0.6) is 0 Å². The zero-order valence-electron chi connectivity index (χ0n) is 55.1. The number of alkyl halides is 1. The SMILES string of the molecule is BrCc1ccc(Br)cc1.Cc1c[nH]c(=O)[nH]c1=O.Cc1cn(Cc2ccc(Br)cc2)c(=O)[nH]c1=O.Cc1cn(Cc2ccc(C#CCCO)cc2)c(=O)[nH]c1=O.Cc1cn(Cc2ccc(CCCC(=O)O)cc2)c(=O)[nH]c1=O.Cc1cn(Cc2ccc(CCCCO)cc2)c(=O)[nH]c1=O. The summed E-state index contributed by atoms with van der Waals surface area (Å²) >= 11 is 10.1. The molecule has 0 fully saturated rings. The quantitative estimate of drug-likeness (QED) is 0.0228. The highest BCUT2D eigenvalue weighted by molar-refractivity contribution is 9.10. The Bertz CT molecular complexity index is 4960. The highest BCUT2D eigenvalue weighted by Gasteiger charge is 2.08. The summed E-state index contributed by atoms with van der Waals surface area (Å²) in [4.78, 5) is 137. The topological polar surface area (TPSA) is 363 Å². The van der Waals surface area contributed by atoms with Gasteiger partial charge in [0.15, 0.2) is 0 Å². The molecule has 5 aromatic heterocycles. The molecule has 520 valence electrons. The molecule has 27 heteroatoms. The number of aryl methyl sites for hydroxylation is 7. The molecule has 0 aliphatic carbocycles. The first kappa shape index (κ1) is 79.6. The summed E-state index contributed by atoms with van der Waals surface area (Å²) in [5.41, 5.74) is 7.07. The van der Waals surface area contributed by atoms with Gasteiger partial charge in [-0.1, -0.05) is 145 Å². The number of H-pyrrole nitrogens is 6. The zero-order chi connectivity index (χ0) is 72.6. The van der Waals surface area contributed by atoms with Crippen molar-refractivity contribution in [2.75, 3.05) is 13.2 Å². The fourth-order valence-corrected chi connectivity index (χ4v) is 9.69. The highest BCUT2D eigenvalue weighted by atomic mass is 79.9. The van der Waals surface area contributed by atoms with Gasteiger partial charge in [0.2, 0.25) is 0 Å². The highest BCUT2D eigenvalue weighted by Crippen LogP contribution is 2.14. The fraction of sp³-hybridized carbons (Fsp3) is 0.264. The molecule has 24 nitrogen and oxygen atoms in total. The number of nitrogens with one attached hydrogen (secondary N) is 6. The molecule has 0 atom stereocenters. The van der Waals surface area contributed by atoms with E-state index in [2.05, 4.69) is 102 Å². The Hall–Kier alpha value is -10.1. The monoisotopic (exact) mass is 1540 g/mol. The van der Waals surface area contributed by atoms with E-state index in [9.17, 15) is 52.7 Å². The normalized spacial score (nSPS) is 10.3. The molecule has 0 bridgehead atoms. The Balaban J connectivity index is 0.000000220. The molecule has 0 saturated carbocycles. The van der Waals surface area contributed by atoms with E-state index in [1.165, 1.54) is 35.6 Å². The van der Waals surface area contributed by atoms with Crippen LogP contribution in [0.1, 0.15) is 104 Å². The van der Waals surface area contributed by atoms with Gasteiger partial charge < -0.3 is 20.3 Å². The standard InChI is InChI=1S/C16H18N2O4.C16H20N2O3.C16H16N2O3.C12H11BrN2O2.C7H6Br2.C5H6N2O2/c1-11-9-18(16(22)17-15(11)21)10-13-7-5-12(6-8-13)3-2-4-14(19)20;2*1-12-10-18(16(21)17-15(12)20)11-14-7-5-13(6-8-14)4-2-3-9-19;1-8-6-15(12(17)14-11(8)16)7-9-2-4-10(13)5-3-9;8-5-6-1-3-7(9)4-2-6;1-3-2-6-5(9)7-4(3)8/h5-9H,2-4,10H2,1H3,(H,19,20)(H,17,21,22);5-8,10,19H,2-4,9,11H2,1H3,(H,17,20,21);5-8,10,19H,3,9,11H2,1H3,(H,17,20,21);2-6H,7H2,1H3,(H,14,16,17);1-4H,5H2;2H,1H3,(H2,6,7,8,9). The van der Waals surface area contributed by atoms with Crippen molar-refractivity contribution in [3.05, 3.63) is 338 Å². The molecule has 0 aliphatic heterocycles. The van der Waals surface area contributed by atoms with Crippen LogP contribution in [-0.4, -0.2) is 82.7 Å². The first-order chi connectivity index (χ1) is 47.2. The van der Waals surface area contributed by atoms with Crippen molar-refractivity contribution in [3.8, 4) is 11.8 Å². The van der Waals surface area contributed by atoms with Crippen molar-refractivity contribution in [1.29, 1.82) is 0 Å². The number of carboxylic acid groups (broad SMARTS) is 1. The smallest absolute Gasteiger partial charge is 0.328 e. The van der Waals surface area contributed by atoms with Crippen molar-refractivity contribution in [3.63, 3.8) is 0 Å². The summed E-state index contributed by atoms with van der Waals surface area (Å²) in [6.45, 7) is 10.2. The second-order valence-electron chi connectivity index (χ2n) is 22.5. The van der Waals surface area contributed by atoms with Gasteiger partial charge in [0.1, 0.15) is 0 Å². The summed E-state index contributed by atoms with van der Waals surface area (Å²) in [6.07, 6.45) is 12.3. The van der Waals surface area contributed by atoms with Crippen molar-refractivity contribution >= 4 is 53.8 Å². The predicted octanol–water partition coefficient (Wildman–Crippen LogP) is 7.51. The first-order valence-corrected chi connectivity index (χ1v) is 33.7. The fourth-order valence-electron chi connectivity index (χ4n) is 8.79. The molecule has 0 radical (unpaired) electrons. The van der Waals surface area contributed by atoms with Crippen LogP contribution >= 0.6 is 47.8 Å². The number of aromatic amines is 6. The summed E-state index contributed by atoms with van der Waals surface area (Å²) in [7, 11) is 0. The third-order valence-electron chi connectivity index (χ3n) is 14.4. The van der Waals surface area contributed by atoms with Crippen LogP contribution in [0, 0.1) is 46.5 Å². The number of aliphatic hydroxyl groups excluding tert-OH is 2. The second kappa shape index (κ2) is 41.2. The van der Waals surface area contributed by atoms with Crippen LogP contribution < -0.4 is 56.2 Å². The van der Waals surface area contributed by atoms with E-state index < -0.39 is 28.7 Å². The molecule has 5 heterocycles. The molecule has 0 aliphatic rings. The minimum Gasteiger partial charge on any atom is -0.481 e. The predicted molar refractivity (Wildman–Crippen MR) is 392 cm³/mol. The van der Waals surface area contributed by atoms with Crippen molar-refractivity contribution in [2.24, 2.45) is 0 Å². The maximum atomic E-state index is 11.7. The third-order valence-corrected chi connectivity index (χ3v) is 16.1. The minimum absolute atomic E-state index is 0.0551. The molecule has 99 heavy (non-hydrogen) atoms. The molecule has 0 saturated heterocycles. The van der Waals surface area contributed by atoms with Crippen molar-refractivity contribution < 1.29 is 20.1 Å². The number of aliphatic carboxylic acids is 1. The summed E-state index contributed by atoms with van der Waals surface area (Å²) in [5, 5.41) is 27.0. The number of nitrogens with zero attached hydrogens (tertiary/aromatic N) is 4. The molecule has 0 spiro atoms. The van der Waals surface area contributed by atoms with Gasteiger partial charge in [0.05, 0.1) is 32.8 Å². The molecule has 10 aromatic rings. The molecule has 0 unspecified atom stereocenters. The molecule has 5 aromatic carbocycles. The molecular weight excluding hydrogens is 1470 g/mol. The number of aliphatic hydroxyl groups is 2. The lowest BCUT2D eigenvalue weighted by molar-refractivity contribution is -0.137. The average Bonchev–Trinajstić information content (AvgIpc) is 0.874. The van der Waals surface area contributed by atoms with Gasteiger partial charge in [-0.15, -0.1) is 0 Å². The Labute approximate surface area is 592 Å². The van der Waals surface area contributed by atoms with Gasteiger partial charge in [-0.3, -0.25) is 72.0 Å². The molecular formula is C72H77Br3N10O14. The van der Waals surface area contributed by atoms with Crippen molar-refractivity contribution in [1.82, 2.24) is 48.2 Å². The summed E-state index contributed by atoms with van der Waals surface area (Å²) in [5.74, 6) is 5.00. The Morgan fingerprint density at radius 3 is 1.06 bits per heavy atom. The zero-order valence-corrected chi connectivity index (χ0v) is 59.8. The Kier molecular flexibility index (Phi) is 33.1. The number of carbonyl (C=O) groups is 1. The van der Waals surface area contributed by atoms with E-state index in [-0.39, 0.29) is 53.1 Å².